The van der Waals surface area contributed by atoms with E-state index in [-0.39, 0.29) is 11.9 Å². The topological polar surface area (TPSA) is 86.8 Å². The van der Waals surface area contributed by atoms with Crippen LogP contribution in [-0.2, 0) is 0 Å². The lowest BCUT2D eigenvalue weighted by molar-refractivity contribution is 0.0540. The third kappa shape index (κ3) is 4.43. The van der Waals surface area contributed by atoms with Crippen molar-refractivity contribution in [2.45, 2.75) is 32.7 Å². The number of piperidine rings is 1. The second-order valence-corrected chi connectivity index (χ2v) is 8.08. The molecule has 0 aliphatic carbocycles. The lowest BCUT2D eigenvalue weighted by Crippen LogP contribution is -2.51. The van der Waals surface area contributed by atoms with Gasteiger partial charge in [0.1, 0.15) is 11.9 Å². The Hall–Kier alpha value is -3.66. The van der Waals surface area contributed by atoms with Gasteiger partial charge in [-0.1, -0.05) is 18.6 Å². The second-order valence-electron chi connectivity index (χ2n) is 8.08. The van der Waals surface area contributed by atoms with Gasteiger partial charge in [-0.3, -0.25) is 4.79 Å². The van der Waals surface area contributed by atoms with Gasteiger partial charge in [0.25, 0.3) is 5.91 Å². The Kier molecular flexibility index (Phi) is 5.99. The van der Waals surface area contributed by atoms with Crippen LogP contribution in [-0.4, -0.2) is 44.7 Å². The van der Waals surface area contributed by atoms with Crippen LogP contribution in [0.15, 0.2) is 55.0 Å². The largest absolute Gasteiger partial charge is 0.368 e. The van der Waals surface area contributed by atoms with Crippen molar-refractivity contribution >= 4 is 11.7 Å². The fraction of sp³-hybridized carbons (Fsp3) is 0.333. The molecule has 1 aromatic carbocycles. The van der Waals surface area contributed by atoms with Gasteiger partial charge in [0, 0.05) is 31.7 Å². The lowest BCUT2D eigenvalue weighted by Gasteiger charge is -2.40. The van der Waals surface area contributed by atoms with E-state index in [2.05, 4.69) is 28.4 Å². The first-order chi connectivity index (χ1) is 15.1. The van der Waals surface area contributed by atoms with E-state index >= 15 is 0 Å². The number of benzene rings is 1. The van der Waals surface area contributed by atoms with Gasteiger partial charge in [-0.15, -0.1) is 0 Å². The first-order valence-electron chi connectivity index (χ1n) is 10.6. The molecule has 1 N–H and O–H groups in total. The number of rotatable bonds is 5. The number of anilines is 1. The SMILES string of the molecule is Cc1ccc(-n2cccn2)c(C(=O)N2CCCC(C)C2CNc2ccc(C#N)cn2)c1. The molecule has 1 aliphatic rings. The van der Waals surface area contributed by atoms with Crippen LogP contribution in [0.2, 0.25) is 0 Å². The fourth-order valence-electron chi connectivity index (χ4n) is 4.17. The highest BCUT2D eigenvalue weighted by atomic mass is 16.2. The molecule has 0 radical (unpaired) electrons. The molecule has 3 aromatic rings. The third-order valence-electron chi connectivity index (χ3n) is 5.90. The molecule has 2 aromatic heterocycles. The summed E-state index contributed by atoms with van der Waals surface area (Å²) in [6.45, 7) is 5.53. The van der Waals surface area contributed by atoms with Gasteiger partial charge in [-0.05, 0) is 56.0 Å². The highest BCUT2D eigenvalue weighted by Gasteiger charge is 2.33. The molecule has 0 bridgehead atoms. The Morgan fingerprint density at radius 1 is 1.32 bits per heavy atom. The number of aromatic nitrogens is 3. The highest BCUT2D eigenvalue weighted by molar-refractivity contribution is 5.98. The predicted octanol–water partition coefficient (Wildman–Crippen LogP) is 3.80. The molecule has 1 aliphatic heterocycles. The summed E-state index contributed by atoms with van der Waals surface area (Å²) in [6, 6.07) is 13.4. The van der Waals surface area contributed by atoms with Crippen molar-refractivity contribution in [3.63, 3.8) is 0 Å². The van der Waals surface area contributed by atoms with Gasteiger partial charge in [0.15, 0.2) is 0 Å². The molecule has 4 rings (SSSR count). The maximum atomic E-state index is 13.7. The Labute approximate surface area is 182 Å². The molecular formula is C24H26N6O. The Morgan fingerprint density at radius 3 is 2.90 bits per heavy atom. The lowest BCUT2D eigenvalue weighted by atomic mass is 9.89. The normalized spacial score (nSPS) is 18.4. The quantitative estimate of drug-likeness (QED) is 0.686. The monoisotopic (exact) mass is 414 g/mol. The van der Waals surface area contributed by atoms with Crippen molar-refractivity contribution in [1.29, 1.82) is 5.26 Å². The van der Waals surface area contributed by atoms with Crippen LogP contribution in [0.5, 0.6) is 0 Å². The molecule has 1 amide bonds. The number of hydrogen-bond acceptors (Lipinski definition) is 5. The number of nitrogens with zero attached hydrogens (tertiary/aromatic N) is 5. The number of amides is 1. The van der Waals surface area contributed by atoms with Crippen molar-refractivity contribution in [2.75, 3.05) is 18.4 Å². The number of nitriles is 1. The standard InChI is InChI=1S/C24H26N6O/c1-17-6-8-21(30-12-4-10-28-30)20(13-17)24(31)29-11-3-5-18(2)22(29)16-27-23-9-7-19(14-25)15-26-23/h4,6-10,12-13,15,18,22H,3,5,11,16H2,1-2H3,(H,26,27). The van der Waals surface area contributed by atoms with Crippen LogP contribution in [0.25, 0.3) is 5.69 Å². The number of carbonyl (C=O) groups excluding carboxylic acids is 1. The summed E-state index contributed by atoms with van der Waals surface area (Å²) >= 11 is 0. The van der Waals surface area contributed by atoms with Crippen molar-refractivity contribution in [3.05, 3.63) is 71.7 Å². The van der Waals surface area contributed by atoms with Crippen molar-refractivity contribution in [3.8, 4) is 11.8 Å². The van der Waals surface area contributed by atoms with Crippen LogP contribution in [0.4, 0.5) is 5.82 Å². The van der Waals surface area contributed by atoms with Crippen LogP contribution in [0.1, 0.15) is 41.3 Å². The van der Waals surface area contributed by atoms with Crippen LogP contribution < -0.4 is 5.32 Å². The summed E-state index contributed by atoms with van der Waals surface area (Å²) in [5.74, 6) is 1.10. The fourth-order valence-corrected chi connectivity index (χ4v) is 4.17. The summed E-state index contributed by atoms with van der Waals surface area (Å²) in [5, 5.41) is 16.6. The zero-order valence-corrected chi connectivity index (χ0v) is 17.8. The van der Waals surface area contributed by atoms with Gasteiger partial charge in [0.05, 0.1) is 22.9 Å². The van der Waals surface area contributed by atoms with E-state index in [9.17, 15) is 4.79 Å². The summed E-state index contributed by atoms with van der Waals surface area (Å²) < 4.78 is 1.74. The first-order valence-corrected chi connectivity index (χ1v) is 10.6. The van der Waals surface area contributed by atoms with E-state index < -0.39 is 0 Å². The molecule has 2 unspecified atom stereocenters. The predicted molar refractivity (Wildman–Crippen MR) is 119 cm³/mol. The molecule has 3 heterocycles. The zero-order valence-electron chi connectivity index (χ0n) is 17.8. The molecule has 0 saturated carbocycles. The molecule has 1 saturated heterocycles. The average Bonchev–Trinajstić information content (AvgIpc) is 3.32. The minimum Gasteiger partial charge on any atom is -0.368 e. The number of nitrogens with one attached hydrogen (secondary N) is 1. The van der Waals surface area contributed by atoms with E-state index in [1.54, 1.807) is 29.2 Å². The van der Waals surface area contributed by atoms with Gasteiger partial charge >= 0.3 is 0 Å². The van der Waals surface area contributed by atoms with E-state index in [1.165, 1.54) is 0 Å². The Bertz CT molecular complexity index is 1080. The molecular weight excluding hydrogens is 388 g/mol. The average molecular weight is 415 g/mol. The van der Waals surface area contributed by atoms with Gasteiger partial charge in [-0.2, -0.15) is 10.4 Å². The molecule has 7 nitrogen and oxygen atoms in total. The van der Waals surface area contributed by atoms with E-state index in [1.807, 2.05) is 42.3 Å². The molecule has 7 heteroatoms. The number of hydrogen-bond donors (Lipinski definition) is 1. The molecule has 0 spiro atoms. The van der Waals surface area contributed by atoms with Crippen LogP contribution in [0, 0.1) is 24.2 Å². The Morgan fingerprint density at radius 2 is 2.19 bits per heavy atom. The van der Waals surface area contributed by atoms with Crippen molar-refractivity contribution < 1.29 is 4.79 Å². The Balaban J connectivity index is 1.58. The van der Waals surface area contributed by atoms with Crippen LogP contribution in [0.3, 0.4) is 0 Å². The molecule has 158 valence electrons. The van der Waals surface area contributed by atoms with E-state index in [0.717, 1.165) is 30.6 Å². The minimum atomic E-state index is 0.0281. The number of carbonyl (C=O) groups is 1. The highest BCUT2D eigenvalue weighted by Crippen LogP contribution is 2.27. The summed E-state index contributed by atoms with van der Waals surface area (Å²) in [7, 11) is 0. The summed E-state index contributed by atoms with van der Waals surface area (Å²) in [5.41, 5.74) is 3.03. The summed E-state index contributed by atoms with van der Waals surface area (Å²) in [4.78, 5) is 20.0. The van der Waals surface area contributed by atoms with Crippen molar-refractivity contribution in [1.82, 2.24) is 19.7 Å². The maximum absolute atomic E-state index is 13.7. The maximum Gasteiger partial charge on any atom is 0.256 e. The van der Waals surface area contributed by atoms with Gasteiger partial charge in [0.2, 0.25) is 0 Å². The number of pyridine rings is 1. The first kappa shape index (κ1) is 20.6. The van der Waals surface area contributed by atoms with Gasteiger partial charge < -0.3 is 10.2 Å². The summed E-state index contributed by atoms with van der Waals surface area (Å²) in [6.07, 6.45) is 7.20. The van der Waals surface area contributed by atoms with E-state index in [0.29, 0.717) is 29.4 Å². The van der Waals surface area contributed by atoms with Crippen molar-refractivity contribution in [2.24, 2.45) is 5.92 Å². The van der Waals surface area contributed by atoms with E-state index in [4.69, 9.17) is 5.26 Å². The smallest absolute Gasteiger partial charge is 0.256 e. The minimum absolute atomic E-state index is 0.0281. The van der Waals surface area contributed by atoms with Gasteiger partial charge in [-0.25, -0.2) is 9.67 Å². The molecule has 1 fully saturated rings. The number of aryl methyl sites for hydroxylation is 1. The number of likely N-dealkylation sites (tertiary alicyclic amines) is 1. The molecule has 2 atom stereocenters. The molecule has 31 heavy (non-hydrogen) atoms. The second kappa shape index (κ2) is 9.00. The zero-order chi connectivity index (χ0) is 21.8. The van der Waals surface area contributed by atoms with Crippen LogP contribution >= 0.6 is 0 Å². The third-order valence-corrected chi connectivity index (χ3v) is 5.90.